The van der Waals surface area contributed by atoms with Crippen molar-refractivity contribution in [3.63, 3.8) is 0 Å². The lowest BCUT2D eigenvalue weighted by Crippen LogP contribution is -2.20. The predicted molar refractivity (Wildman–Crippen MR) is 63.1 cm³/mol. The van der Waals surface area contributed by atoms with E-state index in [1.807, 2.05) is 31.3 Å². The fraction of sp³-hybridized carbons (Fsp3) is 0.417. The number of hydrogen-bond donors (Lipinski definition) is 0. The van der Waals surface area contributed by atoms with Crippen molar-refractivity contribution in [1.82, 2.24) is 4.90 Å². The van der Waals surface area contributed by atoms with Gasteiger partial charge in [-0.1, -0.05) is 29.8 Å². The average Bonchev–Trinajstić information content (AvgIpc) is 2.18. The number of carbonyl (C=O) groups excluding carboxylic acids is 1. The summed E-state index contributed by atoms with van der Waals surface area (Å²) >= 11 is 6.04. The Hall–Kier alpha value is -0.860. The van der Waals surface area contributed by atoms with Crippen LogP contribution in [0, 0.1) is 0 Å². The second-order valence-corrected chi connectivity index (χ2v) is 4.19. The number of nitrogens with zero attached hydrogens (tertiary/aromatic N) is 1. The molecule has 15 heavy (non-hydrogen) atoms. The molecule has 0 bridgehead atoms. The van der Waals surface area contributed by atoms with Gasteiger partial charge in [-0.05, 0) is 25.6 Å². The maximum absolute atomic E-state index is 10.8. The molecule has 2 nitrogen and oxygen atoms in total. The van der Waals surface area contributed by atoms with Crippen LogP contribution in [0.5, 0.6) is 0 Å². The zero-order valence-corrected chi connectivity index (χ0v) is 9.92. The second kappa shape index (κ2) is 5.89. The number of benzene rings is 1. The molecule has 0 aliphatic carbocycles. The van der Waals surface area contributed by atoms with E-state index in [9.17, 15) is 4.79 Å². The molecular weight excluding hydrogens is 210 g/mol. The van der Waals surface area contributed by atoms with Crippen LogP contribution in [0.2, 0.25) is 5.02 Å². The first-order chi connectivity index (χ1) is 7.09. The molecule has 0 heterocycles. The molecule has 0 fully saturated rings. The molecule has 1 rings (SSSR count). The minimum Gasteiger partial charge on any atom is -0.302 e. The maximum Gasteiger partial charge on any atom is 0.131 e. The Balaban J connectivity index is 2.47. The standard InChI is InChI=1S/C12H16ClNO/c1-10(15)7-8-14(2)9-11-5-3-4-6-12(11)13/h3-6H,7-9H2,1-2H3. The van der Waals surface area contributed by atoms with Gasteiger partial charge in [-0.15, -0.1) is 0 Å². The molecule has 82 valence electrons. The van der Waals surface area contributed by atoms with E-state index in [0.29, 0.717) is 6.42 Å². The zero-order chi connectivity index (χ0) is 11.3. The number of ketones is 1. The highest BCUT2D eigenvalue weighted by atomic mass is 35.5. The highest BCUT2D eigenvalue weighted by molar-refractivity contribution is 6.31. The first-order valence-electron chi connectivity index (χ1n) is 5.01. The molecule has 1 aromatic rings. The van der Waals surface area contributed by atoms with Crippen molar-refractivity contribution in [3.05, 3.63) is 34.9 Å². The van der Waals surface area contributed by atoms with Crippen LogP contribution in [0.3, 0.4) is 0 Å². The average molecular weight is 226 g/mol. The van der Waals surface area contributed by atoms with E-state index in [0.717, 1.165) is 23.7 Å². The van der Waals surface area contributed by atoms with E-state index >= 15 is 0 Å². The summed E-state index contributed by atoms with van der Waals surface area (Å²) in [5.41, 5.74) is 1.10. The lowest BCUT2D eigenvalue weighted by Gasteiger charge is -2.16. The van der Waals surface area contributed by atoms with Gasteiger partial charge in [-0.2, -0.15) is 0 Å². The van der Waals surface area contributed by atoms with Gasteiger partial charge in [-0.3, -0.25) is 4.79 Å². The van der Waals surface area contributed by atoms with Crippen molar-refractivity contribution in [1.29, 1.82) is 0 Å². The van der Waals surface area contributed by atoms with Crippen LogP contribution in [0.15, 0.2) is 24.3 Å². The SMILES string of the molecule is CC(=O)CCN(C)Cc1ccccc1Cl. The summed E-state index contributed by atoms with van der Waals surface area (Å²) in [6.07, 6.45) is 0.598. The van der Waals surface area contributed by atoms with Gasteiger partial charge in [0.1, 0.15) is 5.78 Å². The van der Waals surface area contributed by atoms with E-state index in [4.69, 9.17) is 11.6 Å². The summed E-state index contributed by atoms with van der Waals surface area (Å²) in [6, 6.07) is 7.78. The highest BCUT2D eigenvalue weighted by Gasteiger charge is 2.04. The summed E-state index contributed by atoms with van der Waals surface area (Å²) in [7, 11) is 1.99. The number of carbonyl (C=O) groups is 1. The van der Waals surface area contributed by atoms with Crippen molar-refractivity contribution in [2.24, 2.45) is 0 Å². The molecule has 0 amide bonds. The lowest BCUT2D eigenvalue weighted by atomic mass is 10.2. The van der Waals surface area contributed by atoms with E-state index < -0.39 is 0 Å². The van der Waals surface area contributed by atoms with Crippen LogP contribution in [-0.2, 0) is 11.3 Å². The smallest absolute Gasteiger partial charge is 0.131 e. The molecule has 0 aromatic heterocycles. The molecule has 3 heteroatoms. The molecule has 0 atom stereocenters. The van der Waals surface area contributed by atoms with E-state index in [-0.39, 0.29) is 5.78 Å². The van der Waals surface area contributed by atoms with Gasteiger partial charge >= 0.3 is 0 Å². The third-order valence-electron chi connectivity index (χ3n) is 2.24. The van der Waals surface area contributed by atoms with Gasteiger partial charge in [0.2, 0.25) is 0 Å². The summed E-state index contributed by atoms with van der Waals surface area (Å²) in [6.45, 7) is 3.18. The minimum atomic E-state index is 0.223. The normalized spacial score (nSPS) is 10.7. The summed E-state index contributed by atoms with van der Waals surface area (Å²) in [4.78, 5) is 12.9. The zero-order valence-electron chi connectivity index (χ0n) is 9.16. The molecule has 0 saturated carbocycles. The van der Waals surface area contributed by atoms with E-state index in [1.54, 1.807) is 6.92 Å². The molecule has 0 N–H and O–H groups in total. The highest BCUT2D eigenvalue weighted by Crippen LogP contribution is 2.16. The fourth-order valence-corrected chi connectivity index (χ4v) is 1.54. The Bertz CT molecular complexity index is 338. The third-order valence-corrected chi connectivity index (χ3v) is 2.61. The molecule has 0 spiro atoms. The molecule has 0 aliphatic heterocycles. The summed E-state index contributed by atoms with van der Waals surface area (Å²) in [5.74, 6) is 0.223. The number of Topliss-reactive ketones (excluding diaryl/α,β-unsaturated/α-hetero) is 1. The Morgan fingerprint density at radius 1 is 1.40 bits per heavy atom. The van der Waals surface area contributed by atoms with Crippen molar-refractivity contribution in [3.8, 4) is 0 Å². The van der Waals surface area contributed by atoms with Gasteiger partial charge in [0, 0.05) is 24.5 Å². The molecule has 0 saturated heterocycles. The molecular formula is C12H16ClNO. The quantitative estimate of drug-likeness (QED) is 0.768. The van der Waals surface area contributed by atoms with Crippen LogP contribution >= 0.6 is 11.6 Å². The predicted octanol–water partition coefficient (Wildman–Crippen LogP) is 2.75. The first-order valence-corrected chi connectivity index (χ1v) is 5.39. The van der Waals surface area contributed by atoms with Crippen molar-refractivity contribution in [2.45, 2.75) is 19.9 Å². The van der Waals surface area contributed by atoms with Crippen LogP contribution < -0.4 is 0 Å². The lowest BCUT2D eigenvalue weighted by molar-refractivity contribution is -0.117. The first kappa shape index (κ1) is 12.2. The molecule has 1 aromatic carbocycles. The Morgan fingerprint density at radius 3 is 2.67 bits per heavy atom. The molecule has 0 unspecified atom stereocenters. The Morgan fingerprint density at radius 2 is 2.07 bits per heavy atom. The van der Waals surface area contributed by atoms with Gasteiger partial charge in [0.15, 0.2) is 0 Å². The van der Waals surface area contributed by atoms with Gasteiger partial charge in [0.05, 0.1) is 0 Å². The monoisotopic (exact) mass is 225 g/mol. The molecule has 0 radical (unpaired) electrons. The second-order valence-electron chi connectivity index (χ2n) is 3.78. The van der Waals surface area contributed by atoms with Crippen molar-refractivity contribution in [2.75, 3.05) is 13.6 Å². The Kier molecular flexibility index (Phi) is 4.79. The topological polar surface area (TPSA) is 20.3 Å². The number of halogens is 1. The van der Waals surface area contributed by atoms with E-state index in [2.05, 4.69) is 4.90 Å². The number of rotatable bonds is 5. The van der Waals surface area contributed by atoms with Crippen LogP contribution in [0.1, 0.15) is 18.9 Å². The fourth-order valence-electron chi connectivity index (χ4n) is 1.34. The van der Waals surface area contributed by atoms with Crippen LogP contribution in [0.4, 0.5) is 0 Å². The van der Waals surface area contributed by atoms with Gasteiger partial charge in [-0.25, -0.2) is 0 Å². The largest absolute Gasteiger partial charge is 0.302 e. The van der Waals surface area contributed by atoms with Crippen molar-refractivity contribution >= 4 is 17.4 Å². The minimum absolute atomic E-state index is 0.223. The van der Waals surface area contributed by atoms with Crippen LogP contribution in [0.25, 0.3) is 0 Å². The van der Waals surface area contributed by atoms with Crippen LogP contribution in [-0.4, -0.2) is 24.3 Å². The maximum atomic E-state index is 10.8. The van der Waals surface area contributed by atoms with E-state index in [1.165, 1.54) is 0 Å². The Labute approximate surface area is 95.8 Å². The molecule has 0 aliphatic rings. The van der Waals surface area contributed by atoms with Gasteiger partial charge < -0.3 is 4.90 Å². The number of hydrogen-bond acceptors (Lipinski definition) is 2. The van der Waals surface area contributed by atoms with Gasteiger partial charge in [0.25, 0.3) is 0 Å². The summed E-state index contributed by atoms with van der Waals surface area (Å²) < 4.78 is 0. The summed E-state index contributed by atoms with van der Waals surface area (Å²) in [5, 5.41) is 0.784. The van der Waals surface area contributed by atoms with Crippen molar-refractivity contribution < 1.29 is 4.79 Å². The third kappa shape index (κ3) is 4.45.